The number of amides is 3. The normalized spacial score (nSPS) is 10.8. The van der Waals surface area contributed by atoms with Crippen molar-refractivity contribution in [2.45, 2.75) is 6.42 Å². The fraction of sp³-hybridized carbons (Fsp3) is 0.176. The Labute approximate surface area is 153 Å². The molecule has 2 aromatic heterocycles. The van der Waals surface area contributed by atoms with Gasteiger partial charge in [0, 0.05) is 6.20 Å². The fourth-order valence-corrected chi connectivity index (χ4v) is 2.44. The lowest BCUT2D eigenvalue weighted by molar-refractivity contribution is -0.133. The first kappa shape index (κ1) is 19.1. The van der Waals surface area contributed by atoms with E-state index in [2.05, 4.69) is 27.5 Å². The molecule has 0 radical (unpaired) electrons. The van der Waals surface area contributed by atoms with Crippen LogP contribution in [0.1, 0.15) is 11.3 Å². The van der Waals surface area contributed by atoms with Crippen LogP contribution in [0, 0.1) is 17.8 Å². The van der Waals surface area contributed by atoms with Crippen molar-refractivity contribution in [3.05, 3.63) is 46.8 Å². The second-order valence-electron chi connectivity index (χ2n) is 5.02. The Bertz CT molecular complexity index is 812. The van der Waals surface area contributed by atoms with Crippen molar-refractivity contribution < 1.29 is 19.6 Å². The van der Waals surface area contributed by atoms with Crippen molar-refractivity contribution in [2.24, 2.45) is 5.92 Å². The smallest absolute Gasteiger partial charge is 0.245 e. The average Bonchev–Trinajstić information content (AvgIpc) is 3.17. The Morgan fingerprint density at radius 1 is 1.19 bits per heavy atom. The molecule has 0 aliphatic heterocycles. The summed E-state index contributed by atoms with van der Waals surface area (Å²) in [6.07, 6.45) is 1.19. The SMILES string of the molecule is O=C(CC(C#Cc1cccs1)C(=O)NCC(=O)Nc1ccccn1)NO. The van der Waals surface area contributed by atoms with Gasteiger partial charge in [0.05, 0.1) is 17.8 Å². The number of hydroxylamine groups is 1. The standard InChI is InChI=1S/C17H16N4O4S/c22-15(21-25)10-12(6-7-13-4-3-9-26-13)17(24)19-11-16(23)20-14-5-1-2-8-18-14/h1-5,8-9,12,25H,10-11H2,(H,19,24)(H,21,22)(H,18,20,23). The van der Waals surface area contributed by atoms with Gasteiger partial charge in [-0.25, -0.2) is 10.5 Å². The van der Waals surface area contributed by atoms with E-state index in [-0.39, 0.29) is 13.0 Å². The first-order chi connectivity index (χ1) is 12.6. The topological polar surface area (TPSA) is 120 Å². The molecular weight excluding hydrogens is 356 g/mol. The number of nitrogens with zero attached hydrogens (tertiary/aromatic N) is 1. The Hall–Kier alpha value is -3.22. The third-order valence-corrected chi connectivity index (χ3v) is 3.86. The molecule has 134 valence electrons. The van der Waals surface area contributed by atoms with Crippen molar-refractivity contribution in [1.82, 2.24) is 15.8 Å². The Balaban J connectivity index is 1.94. The van der Waals surface area contributed by atoms with Crippen molar-refractivity contribution in [1.29, 1.82) is 0 Å². The highest BCUT2D eigenvalue weighted by atomic mass is 32.1. The van der Waals surface area contributed by atoms with Gasteiger partial charge < -0.3 is 10.6 Å². The molecular formula is C17H16N4O4S. The molecule has 26 heavy (non-hydrogen) atoms. The average molecular weight is 372 g/mol. The predicted molar refractivity (Wildman–Crippen MR) is 95.1 cm³/mol. The predicted octanol–water partition coefficient (Wildman–Crippen LogP) is 0.761. The number of hydrogen-bond acceptors (Lipinski definition) is 6. The summed E-state index contributed by atoms with van der Waals surface area (Å²) in [5.41, 5.74) is 1.47. The van der Waals surface area contributed by atoms with Gasteiger partial charge in [0.25, 0.3) is 0 Å². The molecule has 0 bridgehead atoms. The molecule has 2 rings (SSSR count). The number of pyridine rings is 1. The third-order valence-electron chi connectivity index (χ3n) is 3.08. The zero-order valence-corrected chi connectivity index (χ0v) is 14.4. The Kier molecular flexibility index (Phi) is 7.30. The largest absolute Gasteiger partial charge is 0.346 e. The molecule has 0 fully saturated rings. The van der Waals surface area contributed by atoms with Gasteiger partial charge in [0.15, 0.2) is 0 Å². The van der Waals surface area contributed by atoms with Crippen molar-refractivity contribution in [3.63, 3.8) is 0 Å². The van der Waals surface area contributed by atoms with Crippen LogP contribution >= 0.6 is 11.3 Å². The molecule has 0 aliphatic rings. The van der Waals surface area contributed by atoms with E-state index in [1.165, 1.54) is 23.0 Å². The molecule has 2 heterocycles. The number of nitrogens with one attached hydrogen (secondary N) is 3. The van der Waals surface area contributed by atoms with Gasteiger partial charge in [-0.1, -0.05) is 24.0 Å². The van der Waals surface area contributed by atoms with Crippen LogP contribution in [-0.4, -0.2) is 34.5 Å². The Morgan fingerprint density at radius 3 is 2.69 bits per heavy atom. The van der Waals surface area contributed by atoms with Crippen LogP contribution in [0.15, 0.2) is 41.9 Å². The summed E-state index contributed by atoms with van der Waals surface area (Å²) in [6.45, 7) is -0.298. The minimum absolute atomic E-state index is 0.298. The lowest BCUT2D eigenvalue weighted by Crippen LogP contribution is -2.38. The molecule has 2 aromatic rings. The molecule has 8 nitrogen and oxygen atoms in total. The summed E-state index contributed by atoms with van der Waals surface area (Å²) in [6, 6.07) is 8.62. The van der Waals surface area contributed by atoms with Crippen LogP contribution in [-0.2, 0) is 14.4 Å². The molecule has 0 aromatic carbocycles. The number of hydrogen-bond donors (Lipinski definition) is 4. The van der Waals surface area contributed by atoms with E-state index >= 15 is 0 Å². The molecule has 0 saturated carbocycles. The number of aromatic nitrogens is 1. The maximum Gasteiger partial charge on any atom is 0.245 e. The molecule has 0 spiro atoms. The number of thiophene rings is 1. The Morgan fingerprint density at radius 2 is 2.04 bits per heavy atom. The van der Waals surface area contributed by atoms with E-state index in [9.17, 15) is 14.4 Å². The minimum atomic E-state index is -1.01. The van der Waals surface area contributed by atoms with E-state index in [0.717, 1.165) is 4.88 Å². The monoisotopic (exact) mass is 372 g/mol. The maximum atomic E-state index is 12.2. The highest BCUT2D eigenvalue weighted by Gasteiger charge is 2.20. The van der Waals surface area contributed by atoms with Crippen LogP contribution < -0.4 is 16.1 Å². The van der Waals surface area contributed by atoms with Gasteiger partial charge in [-0.2, -0.15) is 0 Å². The van der Waals surface area contributed by atoms with E-state index in [1.54, 1.807) is 24.3 Å². The molecule has 0 saturated heterocycles. The summed E-state index contributed by atoms with van der Waals surface area (Å²) >= 11 is 1.39. The van der Waals surface area contributed by atoms with Crippen LogP contribution in [0.2, 0.25) is 0 Å². The van der Waals surface area contributed by atoms with E-state index < -0.39 is 23.6 Å². The highest BCUT2D eigenvalue weighted by Crippen LogP contribution is 2.08. The molecule has 9 heteroatoms. The lowest BCUT2D eigenvalue weighted by atomic mass is 10.0. The number of carbonyl (C=O) groups excluding carboxylic acids is 3. The van der Waals surface area contributed by atoms with Gasteiger partial charge >= 0.3 is 0 Å². The molecule has 4 N–H and O–H groups in total. The minimum Gasteiger partial charge on any atom is -0.346 e. The molecule has 1 atom stereocenters. The molecule has 3 amide bonds. The molecule has 0 aliphatic carbocycles. The quantitative estimate of drug-likeness (QED) is 0.339. The van der Waals surface area contributed by atoms with E-state index in [1.807, 2.05) is 11.4 Å². The molecule has 1 unspecified atom stereocenters. The lowest BCUT2D eigenvalue weighted by Gasteiger charge is -2.10. The number of carbonyl (C=O) groups is 3. The van der Waals surface area contributed by atoms with E-state index in [4.69, 9.17) is 5.21 Å². The number of anilines is 1. The zero-order valence-electron chi connectivity index (χ0n) is 13.6. The van der Waals surface area contributed by atoms with Gasteiger partial charge in [-0.05, 0) is 23.6 Å². The van der Waals surface area contributed by atoms with E-state index in [0.29, 0.717) is 5.82 Å². The zero-order chi connectivity index (χ0) is 18.8. The van der Waals surface area contributed by atoms with Crippen molar-refractivity contribution in [2.75, 3.05) is 11.9 Å². The summed E-state index contributed by atoms with van der Waals surface area (Å²) in [7, 11) is 0. The van der Waals surface area contributed by atoms with Gasteiger partial charge in [-0.15, -0.1) is 11.3 Å². The van der Waals surface area contributed by atoms with Crippen molar-refractivity contribution >= 4 is 34.9 Å². The maximum absolute atomic E-state index is 12.2. The van der Waals surface area contributed by atoms with Crippen molar-refractivity contribution in [3.8, 4) is 11.8 Å². The summed E-state index contributed by atoms with van der Waals surface area (Å²) < 4.78 is 0. The first-order valence-corrected chi connectivity index (χ1v) is 8.43. The highest BCUT2D eigenvalue weighted by molar-refractivity contribution is 7.10. The summed E-state index contributed by atoms with van der Waals surface area (Å²) in [5.74, 6) is 3.05. The summed E-state index contributed by atoms with van der Waals surface area (Å²) in [4.78, 5) is 40.1. The third kappa shape index (κ3) is 6.35. The second kappa shape index (κ2) is 9.93. The fourth-order valence-electron chi connectivity index (χ4n) is 1.86. The summed E-state index contributed by atoms with van der Waals surface area (Å²) in [5, 5.41) is 15.4. The second-order valence-corrected chi connectivity index (χ2v) is 5.97. The van der Waals surface area contributed by atoms with Gasteiger partial charge in [0.2, 0.25) is 17.7 Å². The van der Waals surface area contributed by atoms with Gasteiger partial charge in [-0.3, -0.25) is 19.6 Å². The first-order valence-electron chi connectivity index (χ1n) is 7.55. The van der Waals surface area contributed by atoms with Gasteiger partial charge in [0.1, 0.15) is 11.7 Å². The van der Waals surface area contributed by atoms with Crippen LogP contribution in [0.25, 0.3) is 0 Å². The van der Waals surface area contributed by atoms with Crippen LogP contribution in [0.5, 0.6) is 0 Å². The van der Waals surface area contributed by atoms with Crippen LogP contribution in [0.4, 0.5) is 5.82 Å². The van der Waals surface area contributed by atoms with Crippen LogP contribution in [0.3, 0.4) is 0 Å². The number of rotatable bonds is 6.